The summed E-state index contributed by atoms with van der Waals surface area (Å²) < 4.78 is 0. The Hall–Kier alpha value is -2.53. The Balaban J connectivity index is 0.00000182. The number of para-hydroxylation sites is 1. The van der Waals surface area contributed by atoms with Gasteiger partial charge in [-0.1, -0.05) is 18.2 Å². The second-order valence-electron chi connectivity index (χ2n) is 6.11. The summed E-state index contributed by atoms with van der Waals surface area (Å²) in [6.07, 6.45) is 3.69. The average Bonchev–Trinajstić information content (AvgIpc) is 2.62. The lowest BCUT2D eigenvalue weighted by Gasteiger charge is -2.28. The van der Waals surface area contributed by atoms with E-state index in [1.165, 1.54) is 19.3 Å². The number of nitrogens with one attached hydrogen (secondary N) is 1. The van der Waals surface area contributed by atoms with Crippen molar-refractivity contribution in [3.05, 3.63) is 48.5 Å². The van der Waals surface area contributed by atoms with Crippen LogP contribution in [0.25, 0.3) is 10.9 Å². The number of phenols is 1. The van der Waals surface area contributed by atoms with E-state index in [1.807, 2.05) is 24.3 Å². The first-order chi connectivity index (χ1) is 11.8. The number of fused-ring (bicyclic) bond motifs is 1. The number of hydrogen-bond acceptors (Lipinski definition) is 5. The summed E-state index contributed by atoms with van der Waals surface area (Å²) >= 11 is 0. The molecule has 25 heavy (non-hydrogen) atoms. The van der Waals surface area contributed by atoms with Gasteiger partial charge in [0, 0.05) is 30.2 Å². The molecule has 1 aliphatic rings. The zero-order valence-electron chi connectivity index (χ0n) is 13.9. The van der Waals surface area contributed by atoms with E-state index in [1.54, 1.807) is 18.2 Å². The SMILES string of the molecule is Cl.Oc1cccc(Nc2nc(N3CCCCC3)c3ccccc3n2)c1. The third-order valence-corrected chi connectivity index (χ3v) is 4.34. The highest BCUT2D eigenvalue weighted by molar-refractivity contribution is 5.90. The van der Waals surface area contributed by atoms with Crippen LogP contribution in [0, 0.1) is 0 Å². The van der Waals surface area contributed by atoms with E-state index in [-0.39, 0.29) is 18.2 Å². The molecule has 0 unspecified atom stereocenters. The molecule has 1 fully saturated rings. The van der Waals surface area contributed by atoms with Gasteiger partial charge in [-0.2, -0.15) is 4.98 Å². The van der Waals surface area contributed by atoms with Crippen LogP contribution in [0.5, 0.6) is 5.75 Å². The van der Waals surface area contributed by atoms with Gasteiger partial charge in [-0.15, -0.1) is 12.4 Å². The third-order valence-electron chi connectivity index (χ3n) is 4.34. The molecule has 0 amide bonds. The van der Waals surface area contributed by atoms with Gasteiger partial charge in [-0.3, -0.25) is 0 Å². The highest BCUT2D eigenvalue weighted by Gasteiger charge is 2.17. The van der Waals surface area contributed by atoms with Gasteiger partial charge in [0.15, 0.2) is 0 Å². The van der Waals surface area contributed by atoms with E-state index in [2.05, 4.69) is 21.3 Å². The number of aromatic hydroxyl groups is 1. The second-order valence-corrected chi connectivity index (χ2v) is 6.11. The first-order valence-electron chi connectivity index (χ1n) is 8.37. The van der Waals surface area contributed by atoms with Gasteiger partial charge in [0.1, 0.15) is 11.6 Å². The van der Waals surface area contributed by atoms with Crippen molar-refractivity contribution in [2.45, 2.75) is 19.3 Å². The zero-order chi connectivity index (χ0) is 16.4. The lowest BCUT2D eigenvalue weighted by Crippen LogP contribution is -2.30. The van der Waals surface area contributed by atoms with Gasteiger partial charge in [-0.25, -0.2) is 4.98 Å². The minimum atomic E-state index is 0. The van der Waals surface area contributed by atoms with Crippen molar-refractivity contribution >= 4 is 40.8 Å². The summed E-state index contributed by atoms with van der Waals surface area (Å²) in [5.41, 5.74) is 1.70. The first kappa shape index (κ1) is 17.3. The van der Waals surface area contributed by atoms with E-state index in [9.17, 15) is 5.11 Å². The van der Waals surface area contributed by atoms with Gasteiger partial charge in [0.2, 0.25) is 5.95 Å². The molecule has 4 rings (SSSR count). The minimum absolute atomic E-state index is 0. The topological polar surface area (TPSA) is 61.3 Å². The van der Waals surface area contributed by atoms with Crippen molar-refractivity contribution in [2.24, 2.45) is 0 Å². The van der Waals surface area contributed by atoms with Crippen LogP contribution in [0.4, 0.5) is 17.5 Å². The standard InChI is InChI=1S/C19H20N4O.ClH/c24-15-8-6-7-14(13-15)20-19-21-17-10-3-2-9-16(17)18(22-19)23-11-4-1-5-12-23;/h2-3,6-10,13,24H,1,4-5,11-12H2,(H,20,21,22);1H. The molecule has 3 aromatic rings. The molecule has 0 atom stereocenters. The molecule has 0 saturated carbocycles. The number of aromatic nitrogens is 2. The molecular weight excluding hydrogens is 336 g/mol. The number of piperidine rings is 1. The van der Waals surface area contributed by atoms with Crippen molar-refractivity contribution in [2.75, 3.05) is 23.3 Å². The molecule has 130 valence electrons. The van der Waals surface area contributed by atoms with Crippen molar-refractivity contribution in [3.63, 3.8) is 0 Å². The molecule has 1 saturated heterocycles. The predicted molar refractivity (Wildman–Crippen MR) is 104 cm³/mol. The molecule has 6 heteroatoms. The van der Waals surface area contributed by atoms with Crippen molar-refractivity contribution in [1.82, 2.24) is 9.97 Å². The smallest absolute Gasteiger partial charge is 0.229 e. The molecule has 0 radical (unpaired) electrons. The molecule has 0 bridgehead atoms. The summed E-state index contributed by atoms with van der Waals surface area (Å²) in [7, 11) is 0. The fourth-order valence-corrected chi connectivity index (χ4v) is 3.18. The third kappa shape index (κ3) is 3.77. The molecule has 5 nitrogen and oxygen atoms in total. The van der Waals surface area contributed by atoms with Crippen molar-refractivity contribution in [3.8, 4) is 5.75 Å². The van der Waals surface area contributed by atoms with Crippen LogP contribution in [-0.2, 0) is 0 Å². The number of rotatable bonds is 3. The summed E-state index contributed by atoms with van der Waals surface area (Å²) in [6.45, 7) is 2.07. The molecule has 0 spiro atoms. The highest BCUT2D eigenvalue weighted by atomic mass is 35.5. The molecular formula is C19H21ClN4O. The van der Waals surface area contributed by atoms with Gasteiger partial charge >= 0.3 is 0 Å². The Morgan fingerprint density at radius 2 is 1.72 bits per heavy atom. The maximum Gasteiger partial charge on any atom is 0.229 e. The van der Waals surface area contributed by atoms with Crippen LogP contribution in [0.15, 0.2) is 48.5 Å². The minimum Gasteiger partial charge on any atom is -0.508 e. The Labute approximate surface area is 153 Å². The van der Waals surface area contributed by atoms with Crippen LogP contribution in [0.3, 0.4) is 0 Å². The monoisotopic (exact) mass is 356 g/mol. The Morgan fingerprint density at radius 1 is 0.920 bits per heavy atom. The number of benzene rings is 2. The number of hydrogen-bond donors (Lipinski definition) is 2. The van der Waals surface area contributed by atoms with E-state index in [0.717, 1.165) is 35.5 Å². The van der Waals surface area contributed by atoms with Gasteiger partial charge in [-0.05, 0) is 43.5 Å². The van der Waals surface area contributed by atoms with Crippen molar-refractivity contribution in [1.29, 1.82) is 0 Å². The number of phenolic OH excluding ortho intramolecular Hbond substituents is 1. The van der Waals surface area contributed by atoms with E-state index in [4.69, 9.17) is 4.98 Å². The zero-order valence-corrected chi connectivity index (χ0v) is 14.7. The molecule has 1 aromatic heterocycles. The summed E-state index contributed by atoms with van der Waals surface area (Å²) in [5, 5.41) is 13.9. The Morgan fingerprint density at radius 3 is 2.52 bits per heavy atom. The van der Waals surface area contributed by atoms with Crippen molar-refractivity contribution < 1.29 is 5.11 Å². The van der Waals surface area contributed by atoms with E-state index in [0.29, 0.717) is 5.95 Å². The fourth-order valence-electron chi connectivity index (χ4n) is 3.18. The fraction of sp³-hybridized carbons (Fsp3) is 0.263. The molecule has 1 aliphatic heterocycles. The van der Waals surface area contributed by atoms with Crippen LogP contribution in [0.2, 0.25) is 0 Å². The second kappa shape index (κ2) is 7.57. The highest BCUT2D eigenvalue weighted by Crippen LogP contribution is 2.29. The van der Waals surface area contributed by atoms with Crippen LogP contribution >= 0.6 is 12.4 Å². The summed E-state index contributed by atoms with van der Waals surface area (Å²) in [5.74, 6) is 1.76. The quantitative estimate of drug-likeness (QED) is 0.724. The molecule has 2 N–H and O–H groups in total. The maximum absolute atomic E-state index is 9.63. The first-order valence-corrected chi connectivity index (χ1v) is 8.37. The predicted octanol–water partition coefficient (Wildman–Crippen LogP) is 4.49. The summed E-state index contributed by atoms with van der Waals surface area (Å²) in [6, 6.07) is 15.1. The average molecular weight is 357 g/mol. The van der Waals surface area contributed by atoms with Crippen LogP contribution in [0.1, 0.15) is 19.3 Å². The number of nitrogens with zero attached hydrogens (tertiary/aromatic N) is 3. The van der Waals surface area contributed by atoms with Gasteiger partial charge in [0.25, 0.3) is 0 Å². The van der Waals surface area contributed by atoms with Crippen LogP contribution in [-0.4, -0.2) is 28.2 Å². The lowest BCUT2D eigenvalue weighted by atomic mass is 10.1. The lowest BCUT2D eigenvalue weighted by molar-refractivity contribution is 0.475. The van der Waals surface area contributed by atoms with Gasteiger partial charge in [0.05, 0.1) is 5.52 Å². The number of anilines is 3. The Bertz CT molecular complexity index is 865. The Kier molecular flexibility index (Phi) is 5.24. The van der Waals surface area contributed by atoms with Gasteiger partial charge < -0.3 is 15.3 Å². The summed E-state index contributed by atoms with van der Waals surface area (Å²) in [4.78, 5) is 11.7. The molecule has 0 aliphatic carbocycles. The normalized spacial score (nSPS) is 14.2. The largest absolute Gasteiger partial charge is 0.508 e. The molecule has 2 aromatic carbocycles. The number of halogens is 1. The van der Waals surface area contributed by atoms with E-state index >= 15 is 0 Å². The van der Waals surface area contributed by atoms with E-state index < -0.39 is 0 Å². The van der Waals surface area contributed by atoms with Crippen LogP contribution < -0.4 is 10.2 Å². The molecule has 2 heterocycles. The maximum atomic E-state index is 9.63.